The van der Waals surface area contributed by atoms with E-state index in [0.717, 1.165) is 25.8 Å². The molecule has 0 aliphatic heterocycles. The normalized spacial score (nSPS) is 18.3. The number of nitrogens with one attached hydrogen (secondary N) is 1. The highest BCUT2D eigenvalue weighted by Gasteiger charge is 2.19. The molecule has 0 saturated carbocycles. The van der Waals surface area contributed by atoms with Gasteiger partial charge in [-0.3, -0.25) is 0 Å². The van der Waals surface area contributed by atoms with Gasteiger partial charge in [0.15, 0.2) is 0 Å². The number of nitrogens with zero attached hydrogens (tertiary/aromatic N) is 2. The first-order chi connectivity index (χ1) is 8.59. The fourth-order valence-corrected chi connectivity index (χ4v) is 2.44. The van der Waals surface area contributed by atoms with Crippen LogP contribution in [0.4, 0.5) is 4.79 Å². The Kier molecular flexibility index (Phi) is 3.91. The number of hydrogen-bond donors (Lipinski definition) is 2. The molecule has 0 saturated heterocycles. The Bertz CT molecular complexity index is 425. The molecule has 5 nitrogen and oxygen atoms in total. The minimum absolute atomic E-state index is 0.0484. The number of urea groups is 1. The summed E-state index contributed by atoms with van der Waals surface area (Å²) in [5.74, 6) is 0. The van der Waals surface area contributed by atoms with Gasteiger partial charge in [-0.2, -0.15) is 0 Å². The molecular weight excluding hydrogens is 228 g/mol. The van der Waals surface area contributed by atoms with Gasteiger partial charge in [0.1, 0.15) is 0 Å². The number of fused-ring (bicyclic) bond motifs is 1. The number of carbonyl (C=O) groups is 1. The Morgan fingerprint density at radius 3 is 3.11 bits per heavy atom. The van der Waals surface area contributed by atoms with Gasteiger partial charge in [0.2, 0.25) is 0 Å². The second-order valence-electron chi connectivity index (χ2n) is 5.04. The molecule has 1 aromatic heterocycles. The van der Waals surface area contributed by atoms with Crippen molar-refractivity contribution in [3.8, 4) is 0 Å². The van der Waals surface area contributed by atoms with Crippen molar-refractivity contribution in [1.82, 2.24) is 14.8 Å². The van der Waals surface area contributed by atoms with Crippen LogP contribution in [-0.4, -0.2) is 36.1 Å². The molecule has 1 aliphatic carbocycles. The standard InChI is InChI=1S/C13H22N4O/c1-16(2)13(18)15-7-9-17-8-6-10-11(14)4-3-5-12(10)17/h6,8,11H,3-5,7,9,14H2,1-2H3,(H,15,18). The first-order valence-corrected chi connectivity index (χ1v) is 6.48. The maximum Gasteiger partial charge on any atom is 0.316 e. The highest BCUT2D eigenvalue weighted by atomic mass is 16.2. The van der Waals surface area contributed by atoms with Gasteiger partial charge in [-0.1, -0.05) is 0 Å². The van der Waals surface area contributed by atoms with Crippen LogP contribution in [0.1, 0.15) is 30.1 Å². The zero-order chi connectivity index (χ0) is 13.1. The van der Waals surface area contributed by atoms with E-state index in [1.54, 1.807) is 19.0 Å². The van der Waals surface area contributed by atoms with E-state index >= 15 is 0 Å². The number of carbonyl (C=O) groups excluding carboxylic acids is 1. The molecule has 0 aromatic carbocycles. The van der Waals surface area contributed by atoms with Crippen LogP contribution in [0.2, 0.25) is 0 Å². The van der Waals surface area contributed by atoms with Crippen molar-refractivity contribution in [2.45, 2.75) is 31.8 Å². The van der Waals surface area contributed by atoms with Crippen LogP contribution in [0, 0.1) is 0 Å². The maximum absolute atomic E-state index is 11.4. The fraction of sp³-hybridized carbons (Fsp3) is 0.615. The van der Waals surface area contributed by atoms with E-state index in [9.17, 15) is 4.79 Å². The lowest BCUT2D eigenvalue weighted by atomic mass is 9.94. The summed E-state index contributed by atoms with van der Waals surface area (Å²) in [6.45, 7) is 1.45. The average Bonchev–Trinajstić information content (AvgIpc) is 2.74. The van der Waals surface area contributed by atoms with Crippen molar-refractivity contribution in [3.05, 3.63) is 23.5 Å². The molecule has 1 aliphatic rings. The zero-order valence-electron chi connectivity index (χ0n) is 11.1. The molecule has 0 bridgehead atoms. The number of amides is 2. The zero-order valence-corrected chi connectivity index (χ0v) is 11.1. The third-order valence-corrected chi connectivity index (χ3v) is 3.48. The van der Waals surface area contributed by atoms with Crippen LogP contribution in [0.25, 0.3) is 0 Å². The van der Waals surface area contributed by atoms with Gasteiger partial charge in [0.25, 0.3) is 0 Å². The van der Waals surface area contributed by atoms with Crippen molar-refractivity contribution in [3.63, 3.8) is 0 Å². The fourth-order valence-electron chi connectivity index (χ4n) is 2.44. The molecule has 0 radical (unpaired) electrons. The van der Waals surface area contributed by atoms with E-state index in [-0.39, 0.29) is 12.1 Å². The molecule has 0 fully saturated rings. The van der Waals surface area contributed by atoms with Gasteiger partial charge >= 0.3 is 6.03 Å². The maximum atomic E-state index is 11.4. The average molecular weight is 250 g/mol. The Morgan fingerprint density at radius 1 is 1.61 bits per heavy atom. The van der Waals surface area contributed by atoms with Crippen LogP contribution in [0.15, 0.2) is 12.3 Å². The Hall–Kier alpha value is -1.49. The minimum Gasteiger partial charge on any atom is -0.349 e. The van der Waals surface area contributed by atoms with E-state index in [1.807, 2.05) is 0 Å². The predicted molar refractivity (Wildman–Crippen MR) is 71.4 cm³/mol. The molecule has 1 aromatic rings. The Morgan fingerprint density at radius 2 is 2.39 bits per heavy atom. The lowest BCUT2D eigenvalue weighted by molar-refractivity contribution is 0.217. The summed E-state index contributed by atoms with van der Waals surface area (Å²) in [5, 5.41) is 2.87. The van der Waals surface area contributed by atoms with Crippen LogP contribution >= 0.6 is 0 Å². The molecule has 5 heteroatoms. The van der Waals surface area contributed by atoms with Crippen LogP contribution in [-0.2, 0) is 13.0 Å². The highest BCUT2D eigenvalue weighted by Crippen LogP contribution is 2.28. The second kappa shape index (κ2) is 5.44. The van der Waals surface area contributed by atoms with Crippen LogP contribution < -0.4 is 11.1 Å². The van der Waals surface area contributed by atoms with Crippen LogP contribution in [0.5, 0.6) is 0 Å². The number of rotatable bonds is 3. The van der Waals surface area contributed by atoms with E-state index in [4.69, 9.17) is 5.73 Å². The summed E-state index contributed by atoms with van der Waals surface area (Å²) in [5.41, 5.74) is 8.71. The smallest absolute Gasteiger partial charge is 0.316 e. The molecular formula is C13H22N4O. The second-order valence-corrected chi connectivity index (χ2v) is 5.04. The van der Waals surface area contributed by atoms with Gasteiger partial charge in [-0.15, -0.1) is 0 Å². The molecule has 2 rings (SSSR count). The monoisotopic (exact) mass is 250 g/mol. The SMILES string of the molecule is CN(C)C(=O)NCCn1ccc2c1CCCC2N. The first kappa shape index (κ1) is 13.0. The molecule has 3 N–H and O–H groups in total. The summed E-state index contributed by atoms with van der Waals surface area (Å²) in [6.07, 6.45) is 5.41. The van der Waals surface area contributed by atoms with Crippen LogP contribution in [0.3, 0.4) is 0 Å². The lowest BCUT2D eigenvalue weighted by Crippen LogP contribution is -2.36. The Labute approximate surface area is 108 Å². The Balaban J connectivity index is 1.93. The van der Waals surface area contributed by atoms with Crippen molar-refractivity contribution < 1.29 is 4.79 Å². The van der Waals surface area contributed by atoms with Crippen molar-refractivity contribution in [2.24, 2.45) is 5.73 Å². The van der Waals surface area contributed by atoms with Crippen molar-refractivity contribution in [2.75, 3.05) is 20.6 Å². The number of aromatic nitrogens is 1. The third kappa shape index (κ3) is 2.67. The lowest BCUT2D eigenvalue weighted by Gasteiger charge is -2.21. The number of hydrogen-bond acceptors (Lipinski definition) is 2. The van der Waals surface area contributed by atoms with Gasteiger partial charge in [0.05, 0.1) is 0 Å². The highest BCUT2D eigenvalue weighted by molar-refractivity contribution is 5.73. The summed E-state index contributed by atoms with van der Waals surface area (Å²) in [7, 11) is 3.48. The van der Waals surface area contributed by atoms with E-state index in [1.165, 1.54) is 11.3 Å². The molecule has 1 atom stereocenters. The topological polar surface area (TPSA) is 63.3 Å². The number of nitrogens with two attached hydrogens (primary N) is 1. The first-order valence-electron chi connectivity index (χ1n) is 6.48. The van der Waals surface area contributed by atoms with E-state index < -0.39 is 0 Å². The van der Waals surface area contributed by atoms with Gasteiger partial charge in [-0.25, -0.2) is 4.79 Å². The van der Waals surface area contributed by atoms with Crippen molar-refractivity contribution >= 4 is 6.03 Å². The molecule has 1 unspecified atom stereocenters. The molecule has 1 heterocycles. The molecule has 2 amide bonds. The summed E-state index contributed by atoms with van der Waals surface area (Å²) in [6, 6.07) is 2.26. The van der Waals surface area contributed by atoms with Gasteiger partial charge in [-0.05, 0) is 30.9 Å². The predicted octanol–water partition coefficient (Wildman–Crippen LogP) is 1.10. The van der Waals surface area contributed by atoms with Gasteiger partial charge in [0, 0.05) is 45.1 Å². The molecule has 100 valence electrons. The summed E-state index contributed by atoms with van der Waals surface area (Å²) >= 11 is 0. The van der Waals surface area contributed by atoms with E-state index in [0.29, 0.717) is 6.54 Å². The molecule has 18 heavy (non-hydrogen) atoms. The summed E-state index contributed by atoms with van der Waals surface area (Å²) < 4.78 is 2.21. The summed E-state index contributed by atoms with van der Waals surface area (Å²) in [4.78, 5) is 12.9. The van der Waals surface area contributed by atoms with E-state index in [2.05, 4.69) is 22.1 Å². The largest absolute Gasteiger partial charge is 0.349 e. The third-order valence-electron chi connectivity index (χ3n) is 3.48. The quantitative estimate of drug-likeness (QED) is 0.843. The minimum atomic E-state index is -0.0484. The van der Waals surface area contributed by atoms with Gasteiger partial charge < -0.3 is 20.5 Å². The molecule has 0 spiro atoms. The van der Waals surface area contributed by atoms with Crippen molar-refractivity contribution in [1.29, 1.82) is 0 Å².